The number of nitrogens with zero attached hydrogens (tertiary/aromatic N) is 1. The van der Waals surface area contributed by atoms with Gasteiger partial charge in [0.1, 0.15) is 0 Å². The van der Waals surface area contributed by atoms with Gasteiger partial charge in [-0.3, -0.25) is 20.4 Å². The Morgan fingerprint density at radius 3 is 2.61 bits per heavy atom. The zero-order valence-corrected chi connectivity index (χ0v) is 17.9. The number of nitrogens with one attached hydrogen (secondary N) is 2. The van der Waals surface area contributed by atoms with Gasteiger partial charge in [0, 0.05) is 22.2 Å². The van der Waals surface area contributed by atoms with E-state index in [1.807, 2.05) is 0 Å². The van der Waals surface area contributed by atoms with E-state index in [2.05, 4.69) is 22.9 Å². The molecule has 0 radical (unpaired) electrons. The average molecular weight is 444 g/mol. The minimum absolute atomic E-state index is 0.00697. The normalized spacial score (nSPS) is 10.4. The second-order valence-electron chi connectivity index (χ2n) is 6.56. The van der Waals surface area contributed by atoms with E-state index in [-0.39, 0.29) is 5.69 Å². The van der Waals surface area contributed by atoms with Crippen molar-refractivity contribution in [2.24, 2.45) is 0 Å². The second kappa shape index (κ2) is 10.5. The highest BCUT2D eigenvalue weighted by Gasteiger charge is 2.16. The molecular weight excluding hydrogens is 422 g/mol. The summed E-state index contributed by atoms with van der Waals surface area (Å²) in [7, 11) is 1.49. The first-order valence-electron chi connectivity index (χ1n) is 9.66. The SMILES string of the molecule is CCCCOc1ccc(C(=O)NNC(=O)c2cc(-c3cccc(Cl)c3)on2)cc1OC. The molecule has 1 aromatic heterocycles. The van der Waals surface area contributed by atoms with Crippen LogP contribution in [0.5, 0.6) is 11.5 Å². The molecule has 0 aliphatic heterocycles. The molecule has 2 amide bonds. The third-order valence-corrected chi connectivity index (χ3v) is 4.56. The minimum atomic E-state index is -0.628. The van der Waals surface area contributed by atoms with Gasteiger partial charge in [-0.1, -0.05) is 42.2 Å². The zero-order valence-electron chi connectivity index (χ0n) is 17.1. The lowest BCUT2D eigenvalue weighted by molar-refractivity contribution is 0.0841. The highest BCUT2D eigenvalue weighted by atomic mass is 35.5. The molecular formula is C22H22ClN3O5. The largest absolute Gasteiger partial charge is 0.493 e. The molecule has 162 valence electrons. The molecule has 0 aliphatic carbocycles. The first-order chi connectivity index (χ1) is 15.0. The molecule has 0 fully saturated rings. The van der Waals surface area contributed by atoms with Crippen molar-refractivity contribution in [3.63, 3.8) is 0 Å². The number of hydrazine groups is 1. The summed E-state index contributed by atoms with van der Waals surface area (Å²) in [5, 5.41) is 4.26. The number of carbonyl (C=O) groups is 2. The summed E-state index contributed by atoms with van der Waals surface area (Å²) in [6.45, 7) is 2.63. The van der Waals surface area contributed by atoms with Crippen LogP contribution in [0.2, 0.25) is 5.02 Å². The molecule has 0 saturated heterocycles. The molecule has 0 aliphatic rings. The molecule has 0 saturated carbocycles. The van der Waals surface area contributed by atoms with E-state index < -0.39 is 11.8 Å². The van der Waals surface area contributed by atoms with E-state index >= 15 is 0 Å². The second-order valence-corrected chi connectivity index (χ2v) is 7.00. The van der Waals surface area contributed by atoms with Crippen molar-refractivity contribution in [1.82, 2.24) is 16.0 Å². The molecule has 0 atom stereocenters. The van der Waals surface area contributed by atoms with Crippen LogP contribution in [0.25, 0.3) is 11.3 Å². The van der Waals surface area contributed by atoms with Crippen LogP contribution >= 0.6 is 11.6 Å². The maximum atomic E-state index is 12.4. The van der Waals surface area contributed by atoms with Gasteiger partial charge in [-0.2, -0.15) is 0 Å². The standard InChI is InChI=1S/C22H22ClN3O5/c1-3-4-10-30-18-9-8-15(12-20(18)29-2)21(27)24-25-22(28)17-13-19(31-26-17)14-6-5-7-16(23)11-14/h5-9,11-13H,3-4,10H2,1-2H3,(H,24,27)(H,25,28). The Morgan fingerprint density at radius 2 is 1.87 bits per heavy atom. The average Bonchev–Trinajstić information content (AvgIpc) is 3.28. The fraction of sp³-hybridized carbons (Fsp3) is 0.227. The third-order valence-electron chi connectivity index (χ3n) is 4.32. The fourth-order valence-electron chi connectivity index (χ4n) is 2.66. The van der Waals surface area contributed by atoms with Gasteiger partial charge in [0.25, 0.3) is 11.8 Å². The summed E-state index contributed by atoms with van der Waals surface area (Å²) in [6, 6.07) is 13.2. The van der Waals surface area contributed by atoms with Crippen LogP contribution in [0.3, 0.4) is 0 Å². The Morgan fingerprint density at radius 1 is 1.06 bits per heavy atom. The maximum absolute atomic E-state index is 12.4. The van der Waals surface area contributed by atoms with Crippen LogP contribution in [-0.4, -0.2) is 30.7 Å². The molecule has 2 aromatic carbocycles. The lowest BCUT2D eigenvalue weighted by atomic mass is 10.1. The van der Waals surface area contributed by atoms with Crippen LogP contribution in [-0.2, 0) is 0 Å². The third kappa shape index (κ3) is 5.76. The first-order valence-corrected chi connectivity index (χ1v) is 10.0. The van der Waals surface area contributed by atoms with E-state index in [1.54, 1.807) is 36.4 Å². The van der Waals surface area contributed by atoms with Crippen molar-refractivity contribution < 1.29 is 23.6 Å². The first kappa shape index (κ1) is 22.2. The summed E-state index contributed by atoms with van der Waals surface area (Å²) in [5.74, 6) is 0.204. The summed E-state index contributed by atoms with van der Waals surface area (Å²) in [6.07, 6.45) is 1.92. The van der Waals surface area contributed by atoms with E-state index in [9.17, 15) is 9.59 Å². The summed E-state index contributed by atoms with van der Waals surface area (Å²) in [5.41, 5.74) is 5.62. The van der Waals surface area contributed by atoms with Crippen LogP contribution in [0, 0.1) is 0 Å². The number of hydrogen-bond donors (Lipinski definition) is 2. The topological polar surface area (TPSA) is 103 Å². The molecule has 0 bridgehead atoms. The van der Waals surface area contributed by atoms with Crippen molar-refractivity contribution in [3.8, 4) is 22.8 Å². The van der Waals surface area contributed by atoms with Gasteiger partial charge >= 0.3 is 0 Å². The molecule has 3 aromatic rings. The van der Waals surface area contributed by atoms with E-state index in [0.29, 0.717) is 40.0 Å². The maximum Gasteiger partial charge on any atom is 0.291 e. The zero-order chi connectivity index (χ0) is 22.2. The Hall–Kier alpha value is -3.52. The van der Waals surface area contributed by atoms with Gasteiger partial charge in [0.2, 0.25) is 0 Å². The van der Waals surface area contributed by atoms with E-state index in [0.717, 1.165) is 12.8 Å². The molecule has 2 N–H and O–H groups in total. The Balaban J connectivity index is 1.61. The van der Waals surface area contributed by atoms with Crippen LogP contribution < -0.4 is 20.3 Å². The smallest absolute Gasteiger partial charge is 0.291 e. The molecule has 1 heterocycles. The predicted molar refractivity (Wildman–Crippen MR) is 115 cm³/mol. The van der Waals surface area contributed by atoms with Crippen molar-refractivity contribution in [1.29, 1.82) is 0 Å². The summed E-state index contributed by atoms with van der Waals surface area (Å²) >= 11 is 5.96. The molecule has 31 heavy (non-hydrogen) atoms. The summed E-state index contributed by atoms with van der Waals surface area (Å²) < 4.78 is 16.1. The number of halogens is 1. The highest BCUT2D eigenvalue weighted by molar-refractivity contribution is 6.30. The quantitative estimate of drug-likeness (QED) is 0.398. The van der Waals surface area contributed by atoms with Crippen molar-refractivity contribution >= 4 is 23.4 Å². The Kier molecular flexibility index (Phi) is 7.50. The van der Waals surface area contributed by atoms with Crippen molar-refractivity contribution in [2.75, 3.05) is 13.7 Å². The van der Waals surface area contributed by atoms with Crippen LogP contribution in [0.1, 0.15) is 40.6 Å². The Labute approximate surface area is 184 Å². The molecule has 0 spiro atoms. The fourth-order valence-corrected chi connectivity index (χ4v) is 2.85. The molecule has 8 nitrogen and oxygen atoms in total. The van der Waals surface area contributed by atoms with Gasteiger partial charge in [-0.15, -0.1) is 0 Å². The highest BCUT2D eigenvalue weighted by Crippen LogP contribution is 2.28. The van der Waals surface area contributed by atoms with Gasteiger partial charge < -0.3 is 14.0 Å². The van der Waals surface area contributed by atoms with E-state index in [1.165, 1.54) is 19.2 Å². The lowest BCUT2D eigenvalue weighted by Gasteiger charge is -2.12. The number of amides is 2. The van der Waals surface area contributed by atoms with E-state index in [4.69, 9.17) is 25.6 Å². The number of rotatable bonds is 8. The predicted octanol–water partition coefficient (Wildman–Crippen LogP) is 4.26. The number of carbonyl (C=O) groups excluding carboxylic acids is 2. The number of methoxy groups -OCH3 is 1. The molecule has 3 rings (SSSR count). The van der Waals surface area contributed by atoms with Gasteiger partial charge in [-0.25, -0.2) is 0 Å². The molecule has 9 heteroatoms. The number of unbranched alkanes of at least 4 members (excludes halogenated alkanes) is 1. The van der Waals surface area contributed by atoms with Gasteiger partial charge in [-0.05, 0) is 36.8 Å². The number of hydrogen-bond acceptors (Lipinski definition) is 6. The number of ether oxygens (including phenoxy) is 2. The van der Waals surface area contributed by atoms with Crippen molar-refractivity contribution in [2.45, 2.75) is 19.8 Å². The van der Waals surface area contributed by atoms with Crippen LogP contribution in [0.15, 0.2) is 53.1 Å². The number of aromatic nitrogens is 1. The van der Waals surface area contributed by atoms with Gasteiger partial charge in [0.15, 0.2) is 23.0 Å². The van der Waals surface area contributed by atoms with Crippen molar-refractivity contribution in [3.05, 3.63) is 64.8 Å². The lowest BCUT2D eigenvalue weighted by Crippen LogP contribution is -2.41. The molecule has 0 unspecified atom stereocenters. The van der Waals surface area contributed by atoms with Crippen LogP contribution in [0.4, 0.5) is 0 Å². The van der Waals surface area contributed by atoms with Gasteiger partial charge in [0.05, 0.1) is 13.7 Å². The monoisotopic (exact) mass is 443 g/mol. The Bertz CT molecular complexity index is 1070. The number of benzene rings is 2. The minimum Gasteiger partial charge on any atom is -0.493 e. The summed E-state index contributed by atoms with van der Waals surface area (Å²) in [4.78, 5) is 24.7.